The summed E-state index contributed by atoms with van der Waals surface area (Å²) in [5.74, 6) is 0.394. The van der Waals surface area contributed by atoms with Crippen LogP contribution in [0.3, 0.4) is 0 Å². The van der Waals surface area contributed by atoms with Crippen molar-refractivity contribution in [2.75, 3.05) is 0 Å². The summed E-state index contributed by atoms with van der Waals surface area (Å²) >= 11 is 0. The summed E-state index contributed by atoms with van der Waals surface area (Å²) in [6.07, 6.45) is 4.64. The smallest absolute Gasteiger partial charge is 0.244 e. The number of amides is 1. The van der Waals surface area contributed by atoms with Crippen LogP contribution in [0.15, 0.2) is 64.8 Å². The normalized spacial score (nSPS) is 14.2. The highest BCUT2D eigenvalue weighted by Gasteiger charge is 2.15. The molecule has 0 fully saturated rings. The van der Waals surface area contributed by atoms with Gasteiger partial charge in [0.05, 0.1) is 6.26 Å². The van der Waals surface area contributed by atoms with E-state index in [1.54, 1.807) is 18.2 Å². The summed E-state index contributed by atoms with van der Waals surface area (Å²) in [5, 5.41) is 12.9. The third-order valence-corrected chi connectivity index (χ3v) is 3.87. The molecule has 2 aromatic rings. The lowest BCUT2D eigenvalue weighted by Crippen LogP contribution is -2.32. The fourth-order valence-corrected chi connectivity index (χ4v) is 2.56. The third-order valence-electron chi connectivity index (χ3n) is 3.87. The molecule has 4 heteroatoms. The van der Waals surface area contributed by atoms with Crippen LogP contribution in [0.25, 0.3) is 0 Å². The molecule has 0 aliphatic rings. The number of carbonyl (C=O) groups excluding carboxylic acids is 1. The summed E-state index contributed by atoms with van der Waals surface area (Å²) in [5.41, 5.74) is 2.30. The van der Waals surface area contributed by atoms with Gasteiger partial charge >= 0.3 is 0 Å². The maximum atomic E-state index is 12.1. The number of hydrogen-bond donors (Lipinski definition) is 2. The SMILES string of the molecule is C/C(=C/C(=O)NC(C)CC(O)c1ccco1)CCc1ccccc1. The Morgan fingerprint density at radius 2 is 2.00 bits per heavy atom. The fourth-order valence-electron chi connectivity index (χ4n) is 2.56. The Bertz CT molecular complexity index is 647. The first kappa shape index (κ1) is 18.0. The van der Waals surface area contributed by atoms with Gasteiger partial charge in [0.25, 0.3) is 0 Å². The molecule has 0 spiro atoms. The van der Waals surface area contributed by atoms with Gasteiger partial charge in [-0.3, -0.25) is 4.79 Å². The van der Waals surface area contributed by atoms with Crippen LogP contribution < -0.4 is 5.32 Å². The van der Waals surface area contributed by atoms with Gasteiger partial charge in [-0.25, -0.2) is 0 Å². The van der Waals surface area contributed by atoms with Crippen LogP contribution in [0.4, 0.5) is 0 Å². The lowest BCUT2D eigenvalue weighted by molar-refractivity contribution is -0.117. The van der Waals surface area contributed by atoms with Crippen molar-refractivity contribution in [3.05, 3.63) is 71.7 Å². The van der Waals surface area contributed by atoms with Crippen LogP contribution in [0.2, 0.25) is 0 Å². The Morgan fingerprint density at radius 1 is 1.25 bits per heavy atom. The molecule has 0 aliphatic carbocycles. The van der Waals surface area contributed by atoms with Gasteiger partial charge < -0.3 is 14.8 Å². The number of aryl methyl sites for hydroxylation is 1. The van der Waals surface area contributed by atoms with Gasteiger partial charge in [0.15, 0.2) is 0 Å². The van der Waals surface area contributed by atoms with Crippen LogP contribution in [-0.4, -0.2) is 17.1 Å². The van der Waals surface area contributed by atoms with E-state index in [0.717, 1.165) is 18.4 Å². The van der Waals surface area contributed by atoms with Crippen molar-refractivity contribution < 1.29 is 14.3 Å². The van der Waals surface area contributed by atoms with Gasteiger partial charge in [0.2, 0.25) is 5.91 Å². The third kappa shape index (κ3) is 6.05. The van der Waals surface area contributed by atoms with E-state index >= 15 is 0 Å². The molecule has 0 saturated carbocycles. The fraction of sp³-hybridized carbons (Fsp3) is 0.350. The molecule has 1 heterocycles. The van der Waals surface area contributed by atoms with E-state index in [1.807, 2.05) is 32.0 Å². The number of nitrogens with one attached hydrogen (secondary N) is 1. The number of furan rings is 1. The number of hydrogen-bond acceptors (Lipinski definition) is 3. The molecule has 1 aromatic carbocycles. The molecule has 4 nitrogen and oxygen atoms in total. The number of allylic oxidation sites excluding steroid dienone is 1. The Labute approximate surface area is 143 Å². The van der Waals surface area contributed by atoms with Crippen LogP contribution in [0.1, 0.15) is 44.1 Å². The molecule has 0 bridgehead atoms. The Hall–Kier alpha value is -2.33. The molecule has 1 amide bonds. The maximum absolute atomic E-state index is 12.1. The molecular weight excluding hydrogens is 302 g/mol. The quantitative estimate of drug-likeness (QED) is 0.725. The first-order chi connectivity index (χ1) is 11.5. The minimum atomic E-state index is -0.710. The van der Waals surface area contributed by atoms with Gasteiger partial charge in [-0.05, 0) is 44.4 Å². The van der Waals surface area contributed by atoms with E-state index in [1.165, 1.54) is 11.8 Å². The highest BCUT2D eigenvalue weighted by atomic mass is 16.4. The second kappa shape index (κ2) is 9.08. The number of carbonyl (C=O) groups is 1. The second-order valence-corrected chi connectivity index (χ2v) is 6.15. The van der Waals surface area contributed by atoms with Crippen LogP contribution in [0, 0.1) is 0 Å². The van der Waals surface area contributed by atoms with Crippen molar-refractivity contribution >= 4 is 5.91 Å². The van der Waals surface area contributed by atoms with Crippen molar-refractivity contribution in [2.24, 2.45) is 0 Å². The van der Waals surface area contributed by atoms with Crippen LogP contribution in [-0.2, 0) is 11.2 Å². The molecule has 2 N–H and O–H groups in total. The van der Waals surface area contributed by atoms with Crippen molar-refractivity contribution in [3.63, 3.8) is 0 Å². The average molecular weight is 327 g/mol. The van der Waals surface area contributed by atoms with Gasteiger partial charge in [-0.15, -0.1) is 0 Å². The van der Waals surface area contributed by atoms with Gasteiger partial charge in [0.1, 0.15) is 11.9 Å². The second-order valence-electron chi connectivity index (χ2n) is 6.15. The van der Waals surface area contributed by atoms with Crippen molar-refractivity contribution in [1.29, 1.82) is 0 Å². The number of benzene rings is 1. The minimum Gasteiger partial charge on any atom is -0.467 e. The van der Waals surface area contributed by atoms with E-state index in [2.05, 4.69) is 17.4 Å². The lowest BCUT2D eigenvalue weighted by atomic mass is 10.1. The predicted molar refractivity (Wildman–Crippen MR) is 94.4 cm³/mol. The summed E-state index contributed by atoms with van der Waals surface area (Å²) in [6, 6.07) is 13.5. The molecule has 1 aromatic heterocycles. The van der Waals surface area contributed by atoms with Gasteiger partial charge in [0, 0.05) is 18.5 Å². The zero-order valence-electron chi connectivity index (χ0n) is 14.2. The first-order valence-corrected chi connectivity index (χ1v) is 8.27. The van der Waals surface area contributed by atoms with Crippen molar-refractivity contribution in [1.82, 2.24) is 5.32 Å². The molecule has 0 saturated heterocycles. The molecule has 0 aliphatic heterocycles. The summed E-state index contributed by atoms with van der Waals surface area (Å²) in [4.78, 5) is 12.1. The zero-order valence-corrected chi connectivity index (χ0v) is 14.2. The lowest BCUT2D eigenvalue weighted by Gasteiger charge is -2.16. The predicted octanol–water partition coefficient (Wildman–Crippen LogP) is 3.79. The maximum Gasteiger partial charge on any atom is 0.244 e. The summed E-state index contributed by atoms with van der Waals surface area (Å²) in [7, 11) is 0. The highest BCUT2D eigenvalue weighted by molar-refractivity contribution is 5.88. The molecule has 2 rings (SSSR count). The Morgan fingerprint density at radius 3 is 2.67 bits per heavy atom. The molecule has 128 valence electrons. The number of rotatable bonds is 8. The average Bonchev–Trinajstić information content (AvgIpc) is 3.08. The van der Waals surface area contributed by atoms with Crippen LogP contribution >= 0.6 is 0 Å². The van der Waals surface area contributed by atoms with E-state index in [4.69, 9.17) is 4.42 Å². The van der Waals surface area contributed by atoms with Crippen LogP contribution in [0.5, 0.6) is 0 Å². The highest BCUT2D eigenvalue weighted by Crippen LogP contribution is 2.18. The van der Waals surface area contributed by atoms with Crippen molar-refractivity contribution in [3.8, 4) is 0 Å². The molecule has 24 heavy (non-hydrogen) atoms. The number of aliphatic hydroxyl groups is 1. The minimum absolute atomic E-state index is 0.125. The molecule has 2 atom stereocenters. The van der Waals surface area contributed by atoms with E-state index in [0.29, 0.717) is 12.2 Å². The molecule has 2 unspecified atom stereocenters. The standard InChI is InChI=1S/C20H25NO3/c1-15(10-11-17-7-4-3-5-8-17)13-20(23)21-16(2)14-18(22)19-9-6-12-24-19/h3-9,12-13,16,18,22H,10-11,14H2,1-2H3,(H,21,23)/b15-13-. The van der Waals surface area contributed by atoms with Gasteiger partial charge in [-0.2, -0.15) is 0 Å². The molecule has 0 radical (unpaired) electrons. The Balaban J connectivity index is 1.76. The van der Waals surface area contributed by atoms with Crippen molar-refractivity contribution in [2.45, 2.75) is 45.3 Å². The zero-order chi connectivity index (χ0) is 17.4. The van der Waals surface area contributed by atoms with E-state index in [9.17, 15) is 9.90 Å². The van der Waals surface area contributed by atoms with Gasteiger partial charge in [-0.1, -0.05) is 35.9 Å². The topological polar surface area (TPSA) is 62.5 Å². The van der Waals surface area contributed by atoms with E-state index in [-0.39, 0.29) is 11.9 Å². The summed E-state index contributed by atoms with van der Waals surface area (Å²) in [6.45, 7) is 3.84. The first-order valence-electron chi connectivity index (χ1n) is 8.27. The monoisotopic (exact) mass is 327 g/mol. The number of aliphatic hydroxyl groups excluding tert-OH is 1. The molecular formula is C20H25NO3. The van der Waals surface area contributed by atoms with E-state index < -0.39 is 6.10 Å². The summed E-state index contributed by atoms with van der Waals surface area (Å²) < 4.78 is 5.17. The Kier molecular flexibility index (Phi) is 6.82. The largest absolute Gasteiger partial charge is 0.467 e.